The Morgan fingerprint density at radius 3 is 0.753 bits per heavy atom. The average molecular weight is 1210 g/mol. The molecule has 0 aliphatic rings. The van der Waals surface area contributed by atoms with E-state index in [-0.39, 0.29) is 21.1 Å². The summed E-state index contributed by atoms with van der Waals surface area (Å²) in [5.74, 6) is 0. The van der Waals surface area contributed by atoms with Crippen molar-refractivity contribution >= 4 is 86.2 Å². The zero-order valence-electron chi connectivity index (χ0n) is 43.9. The van der Waals surface area contributed by atoms with E-state index in [0.29, 0.717) is 0 Å². The second kappa shape index (κ2) is 21.1. The zero-order valence-corrected chi connectivity index (χ0v) is 46.2. The van der Waals surface area contributed by atoms with Crippen LogP contribution >= 0.6 is 0 Å². The molecule has 81 heavy (non-hydrogen) atoms. The van der Waals surface area contributed by atoms with Crippen molar-refractivity contribution in [2.45, 2.75) is 0 Å². The van der Waals surface area contributed by atoms with Crippen LogP contribution < -0.4 is 0 Å². The summed E-state index contributed by atoms with van der Waals surface area (Å²) in [6, 6.07) is 107. The average Bonchev–Trinajstić information content (AvgIpc) is 3.69. The van der Waals surface area contributed by atoms with Crippen LogP contribution in [0.4, 0.5) is 0 Å². The molecule has 14 aromatic carbocycles. The Bertz CT molecular complexity index is 4430. The summed E-state index contributed by atoms with van der Waals surface area (Å²) in [4.78, 5) is 10.3. The third-order valence-electron chi connectivity index (χ3n) is 16.1. The maximum atomic E-state index is 5.13. The van der Waals surface area contributed by atoms with Gasteiger partial charge in [-0.3, -0.25) is 0 Å². The molecule has 0 spiro atoms. The molecule has 0 amide bonds. The standard InChI is InChI=1S/2C39H24N.Pt/c2*1-3-15-28-26(11-1)13-9-21-30(28)35-23-24-37(33-18-6-5-17-32(33)35)39-36-20-8-7-19-34(36)38(25-40-39)31-22-10-14-27-12-2-4-16-29(27)31;/h2*1-23,25H;/q2*-1;+2. The number of benzene rings is 14. The molecule has 16 rings (SSSR count). The van der Waals surface area contributed by atoms with Crippen molar-refractivity contribution in [1.29, 1.82) is 0 Å². The van der Waals surface area contributed by atoms with Gasteiger partial charge in [0.25, 0.3) is 0 Å². The van der Waals surface area contributed by atoms with E-state index >= 15 is 0 Å². The molecule has 0 fully saturated rings. The van der Waals surface area contributed by atoms with Crippen LogP contribution in [0.15, 0.2) is 291 Å². The van der Waals surface area contributed by atoms with E-state index in [1.165, 1.54) is 98.0 Å². The van der Waals surface area contributed by atoms with Crippen molar-refractivity contribution < 1.29 is 21.1 Å². The number of hydrogen-bond donors (Lipinski definition) is 0. The van der Waals surface area contributed by atoms with E-state index < -0.39 is 0 Å². The van der Waals surface area contributed by atoms with Crippen LogP contribution in [0.1, 0.15) is 0 Å². The summed E-state index contributed by atoms with van der Waals surface area (Å²) in [6.45, 7) is 0. The Balaban J connectivity index is 0.000000144. The molecule has 2 nitrogen and oxygen atoms in total. The van der Waals surface area contributed by atoms with Crippen LogP contribution in [0.2, 0.25) is 0 Å². The smallest absolute Gasteiger partial charge is 0.303 e. The second-order valence-corrected chi connectivity index (χ2v) is 20.5. The van der Waals surface area contributed by atoms with Gasteiger partial charge in [0.1, 0.15) is 0 Å². The minimum absolute atomic E-state index is 0. The van der Waals surface area contributed by atoms with E-state index in [4.69, 9.17) is 9.97 Å². The van der Waals surface area contributed by atoms with Gasteiger partial charge in [-0.15, -0.1) is 35.4 Å². The Kier molecular flexibility index (Phi) is 12.9. The number of aromatic nitrogens is 2. The number of rotatable bonds is 6. The predicted octanol–water partition coefficient (Wildman–Crippen LogP) is 21.0. The Morgan fingerprint density at radius 1 is 0.198 bits per heavy atom. The second-order valence-electron chi connectivity index (χ2n) is 20.5. The first-order valence-electron chi connectivity index (χ1n) is 27.3. The molecule has 3 heteroatoms. The summed E-state index contributed by atoms with van der Waals surface area (Å²) in [6.07, 6.45) is 4.08. The van der Waals surface area contributed by atoms with E-state index in [1.807, 2.05) is 12.4 Å². The maximum Gasteiger partial charge on any atom is 2.00 e. The molecule has 0 aliphatic carbocycles. The molecule has 0 unspecified atom stereocenters. The molecular weight excluding hydrogens is 1160 g/mol. The normalized spacial score (nSPS) is 11.4. The van der Waals surface area contributed by atoms with Crippen molar-refractivity contribution in [2.75, 3.05) is 0 Å². The Hall–Kier alpha value is -9.85. The minimum Gasteiger partial charge on any atom is -0.303 e. The summed E-state index contributed by atoms with van der Waals surface area (Å²) in [5.41, 5.74) is 13.5. The van der Waals surface area contributed by atoms with Gasteiger partial charge < -0.3 is 9.97 Å². The molecule has 16 aromatic rings. The molecule has 380 valence electrons. The van der Waals surface area contributed by atoms with Crippen molar-refractivity contribution in [2.24, 2.45) is 0 Å². The van der Waals surface area contributed by atoms with E-state index in [2.05, 4.69) is 291 Å². The minimum atomic E-state index is 0. The molecule has 2 aromatic heterocycles. The van der Waals surface area contributed by atoms with Gasteiger partial charge in [0.15, 0.2) is 0 Å². The molecule has 0 atom stereocenters. The topological polar surface area (TPSA) is 25.8 Å². The first kappa shape index (κ1) is 49.4. The Labute approximate surface area is 484 Å². The van der Waals surface area contributed by atoms with Gasteiger partial charge in [-0.2, -0.15) is 0 Å². The van der Waals surface area contributed by atoms with Gasteiger partial charge in [-0.05, 0) is 87.1 Å². The summed E-state index contributed by atoms with van der Waals surface area (Å²) in [7, 11) is 0. The van der Waals surface area contributed by atoms with Crippen molar-refractivity contribution in [3.8, 4) is 67.0 Å². The van der Waals surface area contributed by atoms with Gasteiger partial charge >= 0.3 is 21.1 Å². The van der Waals surface area contributed by atoms with Crippen molar-refractivity contribution in [3.05, 3.63) is 304 Å². The first-order valence-corrected chi connectivity index (χ1v) is 27.3. The van der Waals surface area contributed by atoms with Gasteiger partial charge in [-0.25, -0.2) is 0 Å². The molecule has 0 radical (unpaired) electrons. The first-order chi connectivity index (χ1) is 39.7. The fourth-order valence-electron chi connectivity index (χ4n) is 12.4. The third-order valence-corrected chi connectivity index (χ3v) is 16.1. The van der Waals surface area contributed by atoms with E-state index in [0.717, 1.165) is 55.2 Å². The fourth-order valence-corrected chi connectivity index (χ4v) is 12.4. The van der Waals surface area contributed by atoms with Gasteiger partial charge in [0.2, 0.25) is 0 Å². The van der Waals surface area contributed by atoms with E-state index in [9.17, 15) is 0 Å². The quantitative estimate of drug-likeness (QED) is 0.155. The molecule has 0 saturated carbocycles. The van der Waals surface area contributed by atoms with Crippen LogP contribution in [0.3, 0.4) is 0 Å². The van der Waals surface area contributed by atoms with Crippen LogP contribution in [0.5, 0.6) is 0 Å². The van der Waals surface area contributed by atoms with Gasteiger partial charge in [0, 0.05) is 23.5 Å². The Morgan fingerprint density at radius 2 is 0.432 bits per heavy atom. The largest absolute Gasteiger partial charge is 2.00 e. The molecule has 0 aliphatic heterocycles. The summed E-state index contributed by atoms with van der Waals surface area (Å²) >= 11 is 0. The molecule has 0 bridgehead atoms. The third kappa shape index (κ3) is 8.64. The molecule has 0 saturated heterocycles. The monoisotopic (exact) mass is 1210 g/mol. The van der Waals surface area contributed by atoms with Crippen LogP contribution in [-0.2, 0) is 21.1 Å². The number of fused-ring (bicyclic) bond motifs is 8. The number of pyridine rings is 2. The van der Waals surface area contributed by atoms with Crippen LogP contribution in [0, 0.1) is 12.1 Å². The van der Waals surface area contributed by atoms with Crippen LogP contribution in [-0.4, -0.2) is 9.97 Å². The van der Waals surface area contributed by atoms with Crippen molar-refractivity contribution in [3.63, 3.8) is 0 Å². The van der Waals surface area contributed by atoms with Gasteiger partial charge in [0.05, 0.1) is 0 Å². The van der Waals surface area contributed by atoms with Crippen LogP contribution in [0.25, 0.3) is 153 Å². The molecule has 0 N–H and O–H groups in total. The number of hydrogen-bond acceptors (Lipinski definition) is 2. The van der Waals surface area contributed by atoms with E-state index in [1.54, 1.807) is 0 Å². The SMILES string of the molecule is [Pt+2].[c-]1cc(-c2cccc3ccccc23)c2ccccc2c1-c1ncc(-c2cccc3ccccc23)c2ccccc12.[c-]1cc(-c2cccc3ccccc23)c2ccccc2c1-c1ncc(-c2cccc3ccccc23)c2ccccc12. The summed E-state index contributed by atoms with van der Waals surface area (Å²) in [5, 5.41) is 19.3. The predicted molar refractivity (Wildman–Crippen MR) is 339 cm³/mol. The van der Waals surface area contributed by atoms with Crippen molar-refractivity contribution in [1.82, 2.24) is 9.97 Å². The number of nitrogens with zero attached hydrogens (tertiary/aromatic N) is 2. The molecular formula is C78H48N2Pt. The summed E-state index contributed by atoms with van der Waals surface area (Å²) < 4.78 is 0. The zero-order chi connectivity index (χ0) is 52.9. The molecule has 2 heterocycles. The fraction of sp³-hybridized carbons (Fsp3) is 0. The van der Waals surface area contributed by atoms with Gasteiger partial charge in [-0.1, -0.05) is 311 Å². The maximum absolute atomic E-state index is 5.13.